The standard InChI is InChI=1S/C20H23NO5S/c1-15-7-9-17(10-8-15)27(23,24)12-11-20(22)21(2)13-16-14-25-18-5-3-4-6-19(18)26-16/h3-10,16H,11-14H2,1-2H3/t16-/m1/s1. The average Bonchev–Trinajstić information content (AvgIpc) is 2.66. The molecule has 0 spiro atoms. The Morgan fingerprint density at radius 1 is 1.11 bits per heavy atom. The normalized spacial score (nSPS) is 16.0. The number of sulfone groups is 1. The van der Waals surface area contributed by atoms with E-state index in [1.54, 1.807) is 31.3 Å². The van der Waals surface area contributed by atoms with Gasteiger partial charge in [0.2, 0.25) is 5.91 Å². The maximum atomic E-state index is 12.4. The summed E-state index contributed by atoms with van der Waals surface area (Å²) >= 11 is 0. The predicted octanol–water partition coefficient (Wildman–Crippen LogP) is 2.46. The van der Waals surface area contributed by atoms with Crippen molar-refractivity contribution in [1.29, 1.82) is 0 Å². The third-order valence-corrected chi connectivity index (χ3v) is 6.17. The zero-order valence-corrected chi connectivity index (χ0v) is 16.2. The van der Waals surface area contributed by atoms with Crippen LogP contribution in [0.5, 0.6) is 11.5 Å². The summed E-state index contributed by atoms with van der Waals surface area (Å²) in [5, 5.41) is 0. The van der Waals surface area contributed by atoms with E-state index in [0.717, 1.165) is 5.56 Å². The second-order valence-corrected chi connectivity index (χ2v) is 8.76. The number of carbonyl (C=O) groups excluding carboxylic acids is 1. The van der Waals surface area contributed by atoms with Gasteiger partial charge in [0.05, 0.1) is 17.2 Å². The molecule has 0 bridgehead atoms. The molecule has 6 nitrogen and oxygen atoms in total. The summed E-state index contributed by atoms with van der Waals surface area (Å²) in [6.07, 6.45) is -0.362. The van der Waals surface area contributed by atoms with Gasteiger partial charge in [0.1, 0.15) is 6.61 Å². The van der Waals surface area contributed by atoms with Gasteiger partial charge in [0.15, 0.2) is 27.4 Å². The molecule has 0 aliphatic carbocycles. The molecule has 2 aromatic carbocycles. The van der Waals surface area contributed by atoms with Crippen molar-refractivity contribution in [2.75, 3.05) is 26.0 Å². The van der Waals surface area contributed by atoms with E-state index < -0.39 is 9.84 Å². The number of hydrogen-bond acceptors (Lipinski definition) is 5. The van der Waals surface area contributed by atoms with Gasteiger partial charge in [-0.3, -0.25) is 4.79 Å². The Kier molecular flexibility index (Phi) is 5.70. The van der Waals surface area contributed by atoms with Crippen molar-refractivity contribution in [2.24, 2.45) is 0 Å². The third-order valence-electron chi connectivity index (χ3n) is 4.44. The lowest BCUT2D eigenvalue weighted by atomic mass is 10.2. The Bertz CT molecular complexity index is 908. The number of carbonyl (C=O) groups is 1. The lowest BCUT2D eigenvalue weighted by Gasteiger charge is -2.29. The van der Waals surface area contributed by atoms with Crippen molar-refractivity contribution < 1.29 is 22.7 Å². The fourth-order valence-corrected chi connectivity index (χ4v) is 4.07. The molecule has 0 N–H and O–H groups in total. The number of likely N-dealkylation sites (N-methyl/N-ethyl adjacent to an activating group) is 1. The van der Waals surface area contributed by atoms with E-state index in [9.17, 15) is 13.2 Å². The lowest BCUT2D eigenvalue weighted by molar-refractivity contribution is -0.130. The van der Waals surface area contributed by atoms with Crippen LogP contribution in [0.25, 0.3) is 0 Å². The Morgan fingerprint density at radius 3 is 2.48 bits per heavy atom. The second-order valence-electron chi connectivity index (χ2n) is 6.65. The number of hydrogen-bond donors (Lipinski definition) is 0. The number of nitrogens with zero attached hydrogens (tertiary/aromatic N) is 1. The van der Waals surface area contributed by atoms with E-state index in [4.69, 9.17) is 9.47 Å². The van der Waals surface area contributed by atoms with Gasteiger partial charge in [-0.1, -0.05) is 29.8 Å². The smallest absolute Gasteiger partial charge is 0.223 e. The molecular formula is C20H23NO5S. The van der Waals surface area contributed by atoms with Crippen LogP contribution in [0.1, 0.15) is 12.0 Å². The van der Waals surface area contributed by atoms with E-state index in [-0.39, 0.29) is 29.1 Å². The van der Waals surface area contributed by atoms with Gasteiger partial charge >= 0.3 is 0 Å². The molecule has 0 unspecified atom stereocenters. The predicted molar refractivity (Wildman–Crippen MR) is 102 cm³/mol. The minimum absolute atomic E-state index is 0.0725. The number of ether oxygens (including phenoxy) is 2. The van der Waals surface area contributed by atoms with Crippen LogP contribution in [-0.2, 0) is 14.6 Å². The van der Waals surface area contributed by atoms with Crippen LogP contribution >= 0.6 is 0 Å². The zero-order valence-electron chi connectivity index (χ0n) is 15.4. The summed E-state index contributed by atoms with van der Waals surface area (Å²) in [5.41, 5.74) is 0.987. The van der Waals surface area contributed by atoms with Gasteiger partial charge in [-0.15, -0.1) is 0 Å². The van der Waals surface area contributed by atoms with Crippen molar-refractivity contribution in [3.05, 3.63) is 54.1 Å². The first kappa shape index (κ1) is 19.2. The van der Waals surface area contributed by atoms with Crippen molar-refractivity contribution >= 4 is 15.7 Å². The fourth-order valence-electron chi connectivity index (χ4n) is 2.84. The Labute approximate surface area is 159 Å². The van der Waals surface area contributed by atoms with Crippen molar-refractivity contribution in [3.8, 4) is 11.5 Å². The maximum absolute atomic E-state index is 12.4. The van der Waals surface area contributed by atoms with Gasteiger partial charge in [-0.25, -0.2) is 8.42 Å². The summed E-state index contributed by atoms with van der Waals surface area (Å²) in [5.74, 6) is 0.876. The minimum atomic E-state index is -3.48. The molecule has 0 radical (unpaired) electrons. The summed E-state index contributed by atoms with van der Waals surface area (Å²) in [7, 11) is -1.84. The molecule has 1 heterocycles. The third kappa shape index (κ3) is 4.80. The fraction of sp³-hybridized carbons (Fsp3) is 0.350. The molecule has 0 saturated heterocycles. The molecule has 3 rings (SSSR count). The van der Waals surface area contributed by atoms with E-state index in [2.05, 4.69) is 0 Å². The Balaban J connectivity index is 1.53. The second kappa shape index (κ2) is 8.00. The topological polar surface area (TPSA) is 72.9 Å². The first-order valence-electron chi connectivity index (χ1n) is 8.77. The summed E-state index contributed by atoms with van der Waals surface area (Å²) in [6.45, 7) is 2.57. The van der Waals surface area contributed by atoms with Crippen LogP contribution in [0.4, 0.5) is 0 Å². The number of rotatable bonds is 6. The van der Waals surface area contributed by atoms with E-state index in [0.29, 0.717) is 24.7 Å². The molecule has 0 fully saturated rings. The number of fused-ring (bicyclic) bond motifs is 1. The van der Waals surface area contributed by atoms with Crippen molar-refractivity contribution in [2.45, 2.75) is 24.3 Å². The SMILES string of the molecule is Cc1ccc(S(=O)(=O)CCC(=O)N(C)C[C@@H]2COc3ccccc3O2)cc1. The highest BCUT2D eigenvalue weighted by molar-refractivity contribution is 7.91. The van der Waals surface area contributed by atoms with Crippen LogP contribution in [0, 0.1) is 6.92 Å². The monoisotopic (exact) mass is 389 g/mol. The quantitative estimate of drug-likeness (QED) is 0.759. The average molecular weight is 389 g/mol. The van der Waals surface area contributed by atoms with Gasteiger partial charge in [-0.05, 0) is 31.2 Å². The number of para-hydroxylation sites is 2. The molecule has 7 heteroatoms. The van der Waals surface area contributed by atoms with Crippen LogP contribution in [0.2, 0.25) is 0 Å². The van der Waals surface area contributed by atoms with Gasteiger partial charge < -0.3 is 14.4 Å². The van der Waals surface area contributed by atoms with Gasteiger partial charge in [0.25, 0.3) is 0 Å². The summed E-state index contributed by atoms with van der Waals surface area (Å²) < 4.78 is 36.2. The van der Waals surface area contributed by atoms with Crippen LogP contribution in [0.3, 0.4) is 0 Å². The number of benzene rings is 2. The van der Waals surface area contributed by atoms with Crippen LogP contribution in [0.15, 0.2) is 53.4 Å². The van der Waals surface area contributed by atoms with Crippen molar-refractivity contribution in [3.63, 3.8) is 0 Å². The first-order chi connectivity index (χ1) is 12.8. The van der Waals surface area contributed by atoms with Crippen LogP contribution in [-0.4, -0.2) is 51.3 Å². The largest absolute Gasteiger partial charge is 0.486 e. The highest BCUT2D eigenvalue weighted by Crippen LogP contribution is 2.31. The van der Waals surface area contributed by atoms with Gasteiger partial charge in [-0.2, -0.15) is 0 Å². The molecule has 2 aromatic rings. The number of amides is 1. The summed E-state index contributed by atoms with van der Waals surface area (Å²) in [4.78, 5) is 14.1. The molecular weight excluding hydrogens is 366 g/mol. The van der Waals surface area contributed by atoms with Gasteiger partial charge in [0, 0.05) is 13.5 Å². The highest BCUT2D eigenvalue weighted by atomic mass is 32.2. The zero-order chi connectivity index (χ0) is 19.4. The first-order valence-corrected chi connectivity index (χ1v) is 10.4. The van der Waals surface area contributed by atoms with E-state index in [1.807, 2.05) is 31.2 Å². The Morgan fingerprint density at radius 2 is 1.78 bits per heavy atom. The van der Waals surface area contributed by atoms with Crippen molar-refractivity contribution in [1.82, 2.24) is 4.90 Å². The summed E-state index contributed by atoms with van der Waals surface area (Å²) in [6, 6.07) is 14.0. The molecule has 1 atom stereocenters. The molecule has 0 aromatic heterocycles. The van der Waals surface area contributed by atoms with E-state index >= 15 is 0 Å². The highest BCUT2D eigenvalue weighted by Gasteiger charge is 2.24. The molecule has 1 aliphatic rings. The molecule has 1 aliphatic heterocycles. The molecule has 144 valence electrons. The molecule has 0 saturated carbocycles. The molecule has 1 amide bonds. The van der Waals surface area contributed by atoms with Crippen LogP contribution < -0.4 is 9.47 Å². The maximum Gasteiger partial charge on any atom is 0.223 e. The minimum Gasteiger partial charge on any atom is -0.486 e. The Hall–Kier alpha value is -2.54. The molecule has 27 heavy (non-hydrogen) atoms. The van der Waals surface area contributed by atoms with E-state index in [1.165, 1.54) is 4.90 Å². The number of aryl methyl sites for hydroxylation is 1. The lowest BCUT2D eigenvalue weighted by Crippen LogP contribution is -2.42.